The van der Waals surface area contributed by atoms with E-state index in [-0.39, 0.29) is 11.6 Å². The molecule has 0 aromatic heterocycles. The molecule has 6 nitrogen and oxygen atoms in total. The third kappa shape index (κ3) is 5.21. The molecule has 1 aromatic carbocycles. The summed E-state index contributed by atoms with van der Waals surface area (Å²) in [7, 11) is 2.08. The van der Waals surface area contributed by atoms with Gasteiger partial charge >= 0.3 is 6.03 Å². The van der Waals surface area contributed by atoms with Crippen LogP contribution >= 0.6 is 0 Å². The van der Waals surface area contributed by atoms with Crippen molar-refractivity contribution in [3.8, 4) is 0 Å². The van der Waals surface area contributed by atoms with Crippen LogP contribution in [-0.4, -0.2) is 43.0 Å². The first-order valence-corrected chi connectivity index (χ1v) is 7.78. The summed E-state index contributed by atoms with van der Waals surface area (Å²) in [5.74, 6) is -0.808. The summed E-state index contributed by atoms with van der Waals surface area (Å²) in [4.78, 5) is 25.2. The number of carbonyl (C=O) groups is 2. The first-order chi connectivity index (χ1) is 11.0. The lowest BCUT2D eigenvalue weighted by molar-refractivity contribution is -0.114. The third-order valence-corrected chi connectivity index (χ3v) is 3.97. The Labute approximate surface area is 135 Å². The van der Waals surface area contributed by atoms with Gasteiger partial charge in [-0.3, -0.25) is 4.79 Å². The Morgan fingerprint density at radius 1 is 1.35 bits per heavy atom. The number of nitrogens with one attached hydrogen (secondary N) is 3. The summed E-state index contributed by atoms with van der Waals surface area (Å²) in [5.41, 5.74) is 0.466. The van der Waals surface area contributed by atoms with E-state index in [2.05, 4.69) is 27.9 Å². The van der Waals surface area contributed by atoms with Crippen LogP contribution in [-0.2, 0) is 4.79 Å². The molecule has 126 valence electrons. The van der Waals surface area contributed by atoms with E-state index in [4.69, 9.17) is 0 Å². The van der Waals surface area contributed by atoms with Gasteiger partial charge in [-0.1, -0.05) is 0 Å². The van der Waals surface area contributed by atoms with E-state index in [1.807, 2.05) is 0 Å². The van der Waals surface area contributed by atoms with E-state index in [1.165, 1.54) is 31.5 Å². The fraction of sp³-hybridized carbons (Fsp3) is 0.500. The van der Waals surface area contributed by atoms with Crippen LogP contribution < -0.4 is 16.0 Å². The second-order valence-electron chi connectivity index (χ2n) is 5.82. The van der Waals surface area contributed by atoms with Crippen molar-refractivity contribution in [3.63, 3.8) is 0 Å². The first-order valence-electron chi connectivity index (χ1n) is 7.78. The maximum absolute atomic E-state index is 13.7. The average molecular weight is 322 g/mol. The molecule has 0 bridgehead atoms. The molecule has 0 saturated carbocycles. The van der Waals surface area contributed by atoms with Gasteiger partial charge < -0.3 is 20.9 Å². The molecule has 1 atom stereocenters. The fourth-order valence-corrected chi connectivity index (χ4v) is 2.76. The van der Waals surface area contributed by atoms with Crippen molar-refractivity contribution < 1.29 is 14.0 Å². The van der Waals surface area contributed by atoms with Crippen LogP contribution in [0.5, 0.6) is 0 Å². The van der Waals surface area contributed by atoms with Gasteiger partial charge in [-0.15, -0.1) is 0 Å². The molecule has 3 amide bonds. The molecule has 0 radical (unpaired) electrons. The number of urea groups is 1. The van der Waals surface area contributed by atoms with Crippen LogP contribution in [0.15, 0.2) is 18.2 Å². The van der Waals surface area contributed by atoms with Crippen LogP contribution in [0.1, 0.15) is 26.2 Å². The number of carbonyl (C=O) groups excluding carboxylic acids is 2. The van der Waals surface area contributed by atoms with Crippen molar-refractivity contribution in [1.29, 1.82) is 0 Å². The average Bonchev–Trinajstić information content (AvgIpc) is 2.87. The number of anilines is 2. The summed E-state index contributed by atoms with van der Waals surface area (Å²) < 4.78 is 13.7. The SMILES string of the molecule is CC(=O)Nc1ccc(F)c(NC(=O)NCC[C@@H]2CCCN2C)c1. The van der Waals surface area contributed by atoms with Gasteiger partial charge in [0.25, 0.3) is 0 Å². The highest BCUT2D eigenvalue weighted by atomic mass is 19.1. The van der Waals surface area contributed by atoms with Gasteiger partial charge in [0.2, 0.25) is 5.91 Å². The van der Waals surface area contributed by atoms with Crippen molar-refractivity contribution in [3.05, 3.63) is 24.0 Å². The lowest BCUT2D eigenvalue weighted by Crippen LogP contribution is -2.34. The predicted molar refractivity (Wildman–Crippen MR) is 88.0 cm³/mol. The topological polar surface area (TPSA) is 73.5 Å². The Bertz CT molecular complexity index is 579. The number of amides is 3. The minimum Gasteiger partial charge on any atom is -0.338 e. The zero-order chi connectivity index (χ0) is 16.8. The van der Waals surface area contributed by atoms with Crippen LogP contribution in [0.3, 0.4) is 0 Å². The van der Waals surface area contributed by atoms with Gasteiger partial charge in [-0.25, -0.2) is 9.18 Å². The van der Waals surface area contributed by atoms with Gasteiger partial charge in [0, 0.05) is 25.2 Å². The molecule has 23 heavy (non-hydrogen) atoms. The van der Waals surface area contributed by atoms with Gasteiger partial charge in [0.1, 0.15) is 5.82 Å². The molecular formula is C16H23FN4O2. The molecule has 1 aliphatic rings. The highest BCUT2D eigenvalue weighted by Crippen LogP contribution is 2.20. The molecule has 1 fully saturated rings. The second kappa shape index (κ2) is 7.92. The zero-order valence-corrected chi connectivity index (χ0v) is 13.5. The number of hydrogen-bond acceptors (Lipinski definition) is 3. The molecule has 2 rings (SSSR count). The van der Waals surface area contributed by atoms with Crippen molar-refractivity contribution >= 4 is 23.3 Å². The van der Waals surface area contributed by atoms with Crippen LogP contribution in [0.2, 0.25) is 0 Å². The highest BCUT2D eigenvalue weighted by Gasteiger charge is 2.20. The predicted octanol–water partition coefficient (Wildman–Crippen LogP) is 2.39. The van der Waals surface area contributed by atoms with Crippen molar-refractivity contribution in [2.75, 3.05) is 30.8 Å². The Morgan fingerprint density at radius 3 is 2.78 bits per heavy atom. The summed E-state index contributed by atoms with van der Waals surface area (Å²) in [6.45, 7) is 3.00. The number of halogens is 1. The fourth-order valence-electron chi connectivity index (χ4n) is 2.76. The highest BCUT2D eigenvalue weighted by molar-refractivity contribution is 5.92. The number of hydrogen-bond donors (Lipinski definition) is 3. The molecule has 1 saturated heterocycles. The minimum atomic E-state index is -0.551. The van der Waals surface area contributed by atoms with Crippen molar-refractivity contribution in [2.24, 2.45) is 0 Å². The number of likely N-dealkylation sites (tertiary alicyclic amines) is 1. The number of rotatable bonds is 5. The number of nitrogens with zero attached hydrogens (tertiary/aromatic N) is 1. The van der Waals surface area contributed by atoms with Crippen molar-refractivity contribution in [2.45, 2.75) is 32.2 Å². The lowest BCUT2D eigenvalue weighted by Gasteiger charge is -2.19. The lowest BCUT2D eigenvalue weighted by atomic mass is 10.1. The van der Waals surface area contributed by atoms with Gasteiger partial charge in [0.05, 0.1) is 5.69 Å². The minimum absolute atomic E-state index is 0.0340. The number of benzene rings is 1. The molecule has 0 aliphatic carbocycles. The van der Waals surface area contributed by atoms with E-state index >= 15 is 0 Å². The summed E-state index contributed by atoms with van der Waals surface area (Å²) in [6.07, 6.45) is 3.21. The molecule has 1 heterocycles. The molecule has 0 spiro atoms. The standard InChI is InChI=1S/C16H23FN4O2/c1-11(22)19-12-5-6-14(17)15(10-12)20-16(23)18-8-7-13-4-3-9-21(13)2/h5-6,10,13H,3-4,7-9H2,1-2H3,(H,19,22)(H2,18,20,23)/t13-/m0/s1. The Balaban J connectivity index is 1.83. The summed E-state index contributed by atoms with van der Waals surface area (Å²) in [6, 6.07) is 4.07. The maximum atomic E-state index is 13.7. The Kier molecular flexibility index (Phi) is 5.92. The molecule has 1 aromatic rings. The quantitative estimate of drug-likeness (QED) is 0.779. The third-order valence-electron chi connectivity index (χ3n) is 3.97. The first kappa shape index (κ1) is 17.2. The van der Waals surface area contributed by atoms with Gasteiger partial charge in [0.15, 0.2) is 0 Å². The second-order valence-corrected chi connectivity index (χ2v) is 5.82. The summed E-state index contributed by atoms with van der Waals surface area (Å²) >= 11 is 0. The van der Waals surface area contributed by atoms with Gasteiger partial charge in [-0.2, -0.15) is 0 Å². The van der Waals surface area contributed by atoms with Crippen LogP contribution in [0.25, 0.3) is 0 Å². The van der Waals surface area contributed by atoms with Crippen LogP contribution in [0, 0.1) is 5.82 Å². The molecule has 7 heteroatoms. The monoisotopic (exact) mass is 322 g/mol. The van der Waals surface area contributed by atoms with Gasteiger partial charge in [-0.05, 0) is 51.1 Å². The smallest absolute Gasteiger partial charge is 0.319 e. The Morgan fingerprint density at radius 2 is 2.13 bits per heavy atom. The maximum Gasteiger partial charge on any atom is 0.319 e. The zero-order valence-electron chi connectivity index (χ0n) is 13.5. The van der Waals surface area contributed by atoms with E-state index < -0.39 is 11.8 Å². The van der Waals surface area contributed by atoms with E-state index in [0.717, 1.165) is 19.4 Å². The largest absolute Gasteiger partial charge is 0.338 e. The Hall–Kier alpha value is -2.15. The molecule has 0 unspecified atom stereocenters. The van der Waals surface area contributed by atoms with E-state index in [9.17, 15) is 14.0 Å². The van der Waals surface area contributed by atoms with E-state index in [0.29, 0.717) is 18.3 Å². The molecular weight excluding hydrogens is 299 g/mol. The van der Waals surface area contributed by atoms with Crippen molar-refractivity contribution in [1.82, 2.24) is 10.2 Å². The summed E-state index contributed by atoms with van der Waals surface area (Å²) in [5, 5.41) is 7.75. The van der Waals surface area contributed by atoms with E-state index in [1.54, 1.807) is 0 Å². The molecule has 3 N–H and O–H groups in total. The normalized spacial score (nSPS) is 17.8. The van der Waals surface area contributed by atoms with Crippen LogP contribution in [0.4, 0.5) is 20.6 Å². The molecule has 1 aliphatic heterocycles.